The number of ether oxygens (including phenoxy) is 1. The average Bonchev–Trinajstić information content (AvgIpc) is 2.54. The van der Waals surface area contributed by atoms with Gasteiger partial charge < -0.3 is 10.5 Å². The van der Waals surface area contributed by atoms with Crippen molar-refractivity contribution in [3.05, 3.63) is 29.3 Å². The first kappa shape index (κ1) is 10.0. The summed E-state index contributed by atoms with van der Waals surface area (Å²) in [6.07, 6.45) is 2.97. The Morgan fingerprint density at radius 3 is 3.00 bits per heavy atom. The Morgan fingerprint density at radius 1 is 1.47 bits per heavy atom. The zero-order valence-electron chi connectivity index (χ0n) is 8.82. The summed E-state index contributed by atoms with van der Waals surface area (Å²) in [5, 5.41) is 0. The minimum atomic E-state index is -0.274. The SMILES string of the molecule is CCCCC1OC(=O)c2c(N)cccc21. The van der Waals surface area contributed by atoms with Crippen molar-refractivity contribution in [3.63, 3.8) is 0 Å². The van der Waals surface area contributed by atoms with Crippen LogP contribution in [0, 0.1) is 0 Å². The third-order valence-corrected chi connectivity index (χ3v) is 2.75. The molecule has 1 atom stereocenters. The number of carbonyl (C=O) groups excluding carboxylic acids is 1. The van der Waals surface area contributed by atoms with Crippen LogP contribution in [0.2, 0.25) is 0 Å². The quantitative estimate of drug-likeness (QED) is 0.609. The first-order valence-electron chi connectivity index (χ1n) is 5.33. The minimum Gasteiger partial charge on any atom is -0.454 e. The van der Waals surface area contributed by atoms with E-state index in [9.17, 15) is 4.79 Å². The molecule has 1 aromatic rings. The van der Waals surface area contributed by atoms with Gasteiger partial charge in [0.25, 0.3) is 0 Å². The predicted octanol–water partition coefficient (Wildman–Crippen LogP) is 2.67. The van der Waals surface area contributed by atoms with E-state index in [1.54, 1.807) is 6.07 Å². The lowest BCUT2D eigenvalue weighted by Crippen LogP contribution is -1.99. The summed E-state index contributed by atoms with van der Waals surface area (Å²) in [6.45, 7) is 2.12. The molecule has 0 fully saturated rings. The molecule has 1 aliphatic rings. The molecule has 1 aliphatic heterocycles. The fraction of sp³-hybridized carbons (Fsp3) is 0.417. The van der Waals surface area contributed by atoms with Crippen LogP contribution in [0.1, 0.15) is 48.2 Å². The number of cyclic esters (lactones) is 1. The number of carbonyl (C=O) groups is 1. The second kappa shape index (κ2) is 3.93. The van der Waals surface area contributed by atoms with Gasteiger partial charge in [0, 0.05) is 11.3 Å². The smallest absolute Gasteiger partial charge is 0.341 e. The summed E-state index contributed by atoms with van der Waals surface area (Å²) < 4.78 is 5.30. The number of hydrogen-bond acceptors (Lipinski definition) is 3. The Hall–Kier alpha value is -1.51. The van der Waals surface area contributed by atoms with Crippen molar-refractivity contribution in [2.45, 2.75) is 32.3 Å². The molecule has 2 rings (SSSR count). The molecule has 3 nitrogen and oxygen atoms in total. The maximum Gasteiger partial charge on any atom is 0.341 e. The molecule has 3 heteroatoms. The molecule has 1 unspecified atom stereocenters. The van der Waals surface area contributed by atoms with Crippen molar-refractivity contribution in [1.29, 1.82) is 0 Å². The van der Waals surface area contributed by atoms with Crippen molar-refractivity contribution in [3.8, 4) is 0 Å². The van der Waals surface area contributed by atoms with Gasteiger partial charge in [0.2, 0.25) is 0 Å². The van der Waals surface area contributed by atoms with Crippen LogP contribution in [-0.4, -0.2) is 5.97 Å². The summed E-state index contributed by atoms with van der Waals surface area (Å²) in [6, 6.07) is 5.54. The van der Waals surface area contributed by atoms with E-state index in [0.717, 1.165) is 24.8 Å². The number of fused-ring (bicyclic) bond motifs is 1. The van der Waals surface area contributed by atoms with Gasteiger partial charge in [-0.15, -0.1) is 0 Å². The monoisotopic (exact) mass is 205 g/mol. The fourth-order valence-electron chi connectivity index (χ4n) is 1.95. The van der Waals surface area contributed by atoms with Crippen molar-refractivity contribution in [1.82, 2.24) is 0 Å². The summed E-state index contributed by atoms with van der Waals surface area (Å²) in [5.74, 6) is -0.274. The van der Waals surface area contributed by atoms with Gasteiger partial charge in [-0.25, -0.2) is 4.79 Å². The van der Waals surface area contributed by atoms with E-state index >= 15 is 0 Å². The molecule has 0 radical (unpaired) electrons. The van der Waals surface area contributed by atoms with Crippen LogP contribution in [0.3, 0.4) is 0 Å². The third-order valence-electron chi connectivity index (χ3n) is 2.75. The number of rotatable bonds is 3. The summed E-state index contributed by atoms with van der Waals surface area (Å²) in [5.41, 5.74) is 7.80. The molecule has 15 heavy (non-hydrogen) atoms. The van der Waals surface area contributed by atoms with E-state index in [4.69, 9.17) is 10.5 Å². The zero-order chi connectivity index (χ0) is 10.8. The molecule has 0 aromatic heterocycles. The van der Waals surface area contributed by atoms with Gasteiger partial charge >= 0.3 is 5.97 Å². The molecule has 1 aromatic carbocycles. The van der Waals surface area contributed by atoms with Crippen LogP contribution in [0.15, 0.2) is 18.2 Å². The summed E-state index contributed by atoms with van der Waals surface area (Å²) >= 11 is 0. The molecule has 0 spiro atoms. The largest absolute Gasteiger partial charge is 0.454 e. The highest BCUT2D eigenvalue weighted by molar-refractivity contribution is 5.99. The zero-order valence-corrected chi connectivity index (χ0v) is 8.82. The highest BCUT2D eigenvalue weighted by Crippen LogP contribution is 2.36. The van der Waals surface area contributed by atoms with Crippen LogP contribution in [0.25, 0.3) is 0 Å². The highest BCUT2D eigenvalue weighted by atomic mass is 16.5. The van der Waals surface area contributed by atoms with E-state index in [-0.39, 0.29) is 12.1 Å². The molecular formula is C12H15NO2. The van der Waals surface area contributed by atoms with Crippen molar-refractivity contribution < 1.29 is 9.53 Å². The molecule has 0 saturated carbocycles. The van der Waals surface area contributed by atoms with E-state index in [2.05, 4.69) is 6.92 Å². The molecule has 0 amide bonds. The number of hydrogen-bond donors (Lipinski definition) is 1. The van der Waals surface area contributed by atoms with Gasteiger partial charge in [0.1, 0.15) is 6.10 Å². The maximum atomic E-state index is 11.6. The lowest BCUT2D eigenvalue weighted by molar-refractivity contribution is 0.0365. The lowest BCUT2D eigenvalue weighted by Gasteiger charge is -2.09. The number of esters is 1. The van der Waals surface area contributed by atoms with E-state index < -0.39 is 0 Å². The molecule has 1 heterocycles. The Bertz CT molecular complexity index is 387. The summed E-state index contributed by atoms with van der Waals surface area (Å²) in [4.78, 5) is 11.6. The van der Waals surface area contributed by atoms with Crippen LogP contribution in [0.5, 0.6) is 0 Å². The van der Waals surface area contributed by atoms with Crippen LogP contribution in [-0.2, 0) is 4.74 Å². The average molecular weight is 205 g/mol. The van der Waals surface area contributed by atoms with Gasteiger partial charge in [-0.3, -0.25) is 0 Å². The number of unbranched alkanes of at least 4 members (excludes halogenated alkanes) is 1. The number of nitrogen functional groups attached to an aromatic ring is 1. The molecule has 80 valence electrons. The van der Waals surface area contributed by atoms with Gasteiger partial charge in [0.05, 0.1) is 5.56 Å². The van der Waals surface area contributed by atoms with Crippen molar-refractivity contribution in [2.24, 2.45) is 0 Å². The van der Waals surface area contributed by atoms with Crippen LogP contribution >= 0.6 is 0 Å². The standard InChI is InChI=1S/C12H15NO2/c1-2-3-7-10-8-5-4-6-9(13)11(8)12(14)15-10/h4-6,10H,2-3,7,13H2,1H3. The van der Waals surface area contributed by atoms with Gasteiger partial charge in [0.15, 0.2) is 0 Å². The Kier molecular flexibility index (Phi) is 2.62. The normalized spacial score (nSPS) is 18.7. The second-order valence-corrected chi connectivity index (χ2v) is 3.85. The Balaban J connectivity index is 2.30. The highest BCUT2D eigenvalue weighted by Gasteiger charge is 2.31. The van der Waals surface area contributed by atoms with Gasteiger partial charge in [-0.2, -0.15) is 0 Å². The fourth-order valence-corrected chi connectivity index (χ4v) is 1.95. The van der Waals surface area contributed by atoms with Crippen LogP contribution in [0.4, 0.5) is 5.69 Å². The topological polar surface area (TPSA) is 52.3 Å². The Morgan fingerprint density at radius 2 is 2.27 bits per heavy atom. The van der Waals surface area contributed by atoms with Crippen molar-refractivity contribution >= 4 is 11.7 Å². The number of nitrogens with two attached hydrogens (primary N) is 1. The Labute approximate surface area is 89.2 Å². The third kappa shape index (κ3) is 1.69. The van der Waals surface area contributed by atoms with Crippen molar-refractivity contribution in [2.75, 3.05) is 5.73 Å². The van der Waals surface area contributed by atoms with E-state index in [1.165, 1.54) is 0 Å². The number of anilines is 1. The number of benzene rings is 1. The minimum absolute atomic E-state index is 0.0871. The predicted molar refractivity (Wildman–Crippen MR) is 58.5 cm³/mol. The maximum absolute atomic E-state index is 11.6. The molecule has 0 saturated heterocycles. The molecule has 0 aliphatic carbocycles. The van der Waals surface area contributed by atoms with E-state index in [0.29, 0.717) is 11.3 Å². The van der Waals surface area contributed by atoms with Crippen LogP contribution < -0.4 is 5.73 Å². The summed E-state index contributed by atoms with van der Waals surface area (Å²) in [7, 11) is 0. The second-order valence-electron chi connectivity index (χ2n) is 3.85. The first-order valence-corrected chi connectivity index (χ1v) is 5.33. The molecule has 0 bridgehead atoms. The van der Waals surface area contributed by atoms with E-state index in [1.807, 2.05) is 12.1 Å². The lowest BCUT2D eigenvalue weighted by atomic mass is 10.00. The molecular weight excluding hydrogens is 190 g/mol. The van der Waals surface area contributed by atoms with Gasteiger partial charge in [-0.05, 0) is 18.9 Å². The molecule has 2 N–H and O–H groups in total. The van der Waals surface area contributed by atoms with Gasteiger partial charge in [-0.1, -0.05) is 25.5 Å². The first-order chi connectivity index (χ1) is 7.24.